The van der Waals surface area contributed by atoms with Crippen LogP contribution in [-0.2, 0) is 4.79 Å². The van der Waals surface area contributed by atoms with Crippen molar-refractivity contribution in [2.24, 2.45) is 0 Å². The Labute approximate surface area is 147 Å². The summed E-state index contributed by atoms with van der Waals surface area (Å²) in [6.07, 6.45) is 0. The normalized spacial score (nSPS) is 13.2. The monoisotopic (exact) mass is 363 g/mol. The molecule has 1 aliphatic heterocycles. The molecule has 0 aromatic heterocycles. The average molecular weight is 364 g/mol. The van der Waals surface area contributed by atoms with E-state index in [1.54, 1.807) is 24.3 Å². The van der Waals surface area contributed by atoms with Crippen LogP contribution in [0.4, 0.5) is 11.4 Å². The van der Waals surface area contributed by atoms with Gasteiger partial charge in [0, 0.05) is 5.69 Å². The molecule has 0 bridgehead atoms. The number of nitrogens with zero attached hydrogens (tertiary/aromatic N) is 1. The van der Waals surface area contributed by atoms with Crippen LogP contribution in [0.2, 0.25) is 10.0 Å². The summed E-state index contributed by atoms with van der Waals surface area (Å²) >= 11 is 11.8. The Kier molecular flexibility index (Phi) is 4.17. The van der Waals surface area contributed by atoms with Gasteiger partial charge in [0.15, 0.2) is 0 Å². The molecule has 8 heteroatoms. The number of carbonyl (C=O) groups is 3. The minimum absolute atomic E-state index is 0.193. The summed E-state index contributed by atoms with van der Waals surface area (Å²) in [6, 6.07) is 9.28. The number of benzene rings is 2. The van der Waals surface area contributed by atoms with Crippen molar-refractivity contribution in [3.63, 3.8) is 0 Å². The van der Waals surface area contributed by atoms with E-state index < -0.39 is 24.3 Å². The van der Waals surface area contributed by atoms with Crippen LogP contribution in [0.5, 0.6) is 0 Å². The molecule has 0 spiro atoms. The highest BCUT2D eigenvalue weighted by Gasteiger charge is 2.36. The summed E-state index contributed by atoms with van der Waals surface area (Å²) in [6.45, 7) is -0.411. The number of nitrogens with two attached hydrogens (primary N) is 1. The van der Waals surface area contributed by atoms with Crippen LogP contribution in [0.1, 0.15) is 20.7 Å². The fraction of sp³-hybridized carbons (Fsp3) is 0.0625. The van der Waals surface area contributed by atoms with E-state index >= 15 is 0 Å². The topological polar surface area (TPSA) is 92.5 Å². The SMILES string of the molecule is Nc1c(Cl)cc(NC(=O)CN2C(=O)c3ccccc3C2=O)cc1Cl. The van der Waals surface area contributed by atoms with E-state index in [9.17, 15) is 14.4 Å². The number of nitrogen functional groups attached to an aromatic ring is 1. The highest BCUT2D eigenvalue weighted by Crippen LogP contribution is 2.31. The van der Waals surface area contributed by atoms with Gasteiger partial charge in [-0.2, -0.15) is 0 Å². The van der Waals surface area contributed by atoms with Crippen molar-refractivity contribution in [2.45, 2.75) is 0 Å². The van der Waals surface area contributed by atoms with Crippen molar-refractivity contribution in [3.8, 4) is 0 Å². The molecule has 0 saturated heterocycles. The third-order valence-electron chi connectivity index (χ3n) is 3.54. The van der Waals surface area contributed by atoms with E-state index in [4.69, 9.17) is 28.9 Å². The van der Waals surface area contributed by atoms with Gasteiger partial charge in [-0.1, -0.05) is 35.3 Å². The molecule has 24 heavy (non-hydrogen) atoms. The lowest BCUT2D eigenvalue weighted by Gasteiger charge is -2.14. The van der Waals surface area contributed by atoms with Crippen LogP contribution in [0.15, 0.2) is 36.4 Å². The van der Waals surface area contributed by atoms with Gasteiger partial charge in [-0.3, -0.25) is 19.3 Å². The summed E-state index contributed by atoms with van der Waals surface area (Å²) in [4.78, 5) is 37.5. The van der Waals surface area contributed by atoms with Gasteiger partial charge in [0.1, 0.15) is 6.54 Å². The number of fused-ring (bicyclic) bond motifs is 1. The third-order valence-corrected chi connectivity index (χ3v) is 4.17. The molecule has 1 heterocycles. The summed E-state index contributed by atoms with van der Waals surface area (Å²) in [5.74, 6) is -1.56. The molecule has 3 amide bonds. The van der Waals surface area contributed by atoms with Crippen LogP contribution < -0.4 is 11.1 Å². The lowest BCUT2D eigenvalue weighted by Crippen LogP contribution is -2.37. The van der Waals surface area contributed by atoms with Crippen molar-refractivity contribution < 1.29 is 14.4 Å². The number of imide groups is 1. The van der Waals surface area contributed by atoms with Crippen molar-refractivity contribution in [1.82, 2.24) is 4.90 Å². The smallest absolute Gasteiger partial charge is 0.262 e. The Hall–Kier alpha value is -2.57. The Morgan fingerprint density at radius 1 is 1.04 bits per heavy atom. The molecule has 1 aliphatic rings. The lowest BCUT2D eigenvalue weighted by atomic mass is 10.1. The van der Waals surface area contributed by atoms with Gasteiger partial charge in [-0.15, -0.1) is 0 Å². The Morgan fingerprint density at radius 3 is 2.04 bits per heavy atom. The fourth-order valence-electron chi connectivity index (χ4n) is 2.38. The summed E-state index contributed by atoms with van der Waals surface area (Å²) in [5, 5.41) is 2.92. The van der Waals surface area contributed by atoms with Crippen molar-refractivity contribution >= 4 is 52.3 Å². The fourth-order valence-corrected chi connectivity index (χ4v) is 2.87. The van der Waals surface area contributed by atoms with Crippen molar-refractivity contribution in [3.05, 3.63) is 57.6 Å². The molecule has 2 aromatic carbocycles. The Balaban J connectivity index is 1.75. The maximum absolute atomic E-state index is 12.2. The molecule has 0 atom stereocenters. The zero-order valence-corrected chi connectivity index (χ0v) is 13.7. The number of hydrogen-bond acceptors (Lipinski definition) is 4. The first-order valence-corrected chi connectivity index (χ1v) is 7.63. The number of amides is 3. The first-order chi connectivity index (χ1) is 11.4. The van der Waals surface area contributed by atoms with E-state index in [0.29, 0.717) is 5.69 Å². The van der Waals surface area contributed by atoms with Gasteiger partial charge in [-0.25, -0.2) is 0 Å². The zero-order valence-electron chi connectivity index (χ0n) is 12.2. The molecule has 3 rings (SSSR count). The second-order valence-corrected chi connectivity index (χ2v) is 5.96. The number of anilines is 2. The van der Waals surface area contributed by atoms with Gasteiger partial charge < -0.3 is 11.1 Å². The van der Waals surface area contributed by atoms with E-state index in [2.05, 4.69) is 5.32 Å². The highest BCUT2D eigenvalue weighted by molar-refractivity contribution is 6.39. The van der Waals surface area contributed by atoms with Crippen molar-refractivity contribution in [2.75, 3.05) is 17.6 Å². The summed E-state index contributed by atoms with van der Waals surface area (Å²) in [5.41, 5.74) is 6.72. The molecule has 0 unspecified atom stereocenters. The van der Waals surface area contributed by atoms with Crippen LogP contribution in [-0.4, -0.2) is 29.2 Å². The molecule has 0 radical (unpaired) electrons. The Bertz CT molecular complexity index is 825. The average Bonchev–Trinajstić information content (AvgIpc) is 2.78. The number of carbonyl (C=O) groups excluding carboxylic acids is 3. The van der Waals surface area contributed by atoms with Crippen molar-refractivity contribution in [1.29, 1.82) is 0 Å². The van der Waals surface area contributed by atoms with Gasteiger partial charge >= 0.3 is 0 Å². The van der Waals surface area contributed by atoms with Crippen LogP contribution >= 0.6 is 23.2 Å². The number of rotatable bonds is 3. The minimum atomic E-state index is -0.554. The van der Waals surface area contributed by atoms with E-state index in [1.807, 2.05) is 0 Å². The van der Waals surface area contributed by atoms with Crippen LogP contribution in [0, 0.1) is 0 Å². The number of hydrogen-bond donors (Lipinski definition) is 2. The van der Waals surface area contributed by atoms with Gasteiger partial charge in [0.2, 0.25) is 5.91 Å². The molecule has 6 nitrogen and oxygen atoms in total. The first-order valence-electron chi connectivity index (χ1n) is 6.88. The van der Waals surface area contributed by atoms with Gasteiger partial charge in [-0.05, 0) is 24.3 Å². The van der Waals surface area contributed by atoms with E-state index in [1.165, 1.54) is 12.1 Å². The quantitative estimate of drug-likeness (QED) is 0.647. The molecular formula is C16H11Cl2N3O3. The first kappa shape index (κ1) is 16.3. The molecule has 0 aliphatic carbocycles. The molecule has 2 aromatic rings. The maximum atomic E-state index is 12.2. The molecule has 122 valence electrons. The minimum Gasteiger partial charge on any atom is -0.396 e. The largest absolute Gasteiger partial charge is 0.396 e. The molecular weight excluding hydrogens is 353 g/mol. The van der Waals surface area contributed by atoms with Crippen LogP contribution in [0.25, 0.3) is 0 Å². The second-order valence-electron chi connectivity index (χ2n) is 5.14. The molecule has 3 N–H and O–H groups in total. The third kappa shape index (κ3) is 2.81. The summed E-state index contributed by atoms with van der Waals surface area (Å²) in [7, 11) is 0. The standard InChI is InChI=1S/C16H11Cl2N3O3/c17-11-5-8(6-12(18)14(11)19)20-13(22)7-21-15(23)9-3-1-2-4-10(9)16(21)24/h1-6H,7,19H2,(H,20,22). The number of halogens is 2. The zero-order chi connectivity index (χ0) is 17.4. The van der Waals surface area contributed by atoms with Gasteiger partial charge in [0.25, 0.3) is 11.8 Å². The lowest BCUT2D eigenvalue weighted by molar-refractivity contribution is -0.116. The maximum Gasteiger partial charge on any atom is 0.262 e. The highest BCUT2D eigenvalue weighted by atomic mass is 35.5. The molecule has 0 fully saturated rings. The van der Waals surface area contributed by atoms with Gasteiger partial charge in [0.05, 0.1) is 26.9 Å². The Morgan fingerprint density at radius 2 is 1.54 bits per heavy atom. The predicted octanol–water partition coefficient (Wildman–Crippen LogP) is 2.81. The predicted molar refractivity (Wildman–Crippen MR) is 91.3 cm³/mol. The summed E-state index contributed by atoms with van der Waals surface area (Å²) < 4.78 is 0. The second kappa shape index (κ2) is 6.14. The van der Waals surface area contributed by atoms with Crippen LogP contribution in [0.3, 0.4) is 0 Å². The van der Waals surface area contributed by atoms with E-state index in [-0.39, 0.29) is 26.9 Å². The molecule has 0 saturated carbocycles. The number of nitrogens with one attached hydrogen (secondary N) is 1. The van der Waals surface area contributed by atoms with E-state index in [0.717, 1.165) is 4.90 Å².